The standard InChI is InChI=1S/C18H27N3OS.2ClH/c1-19-16-8-5-9-21(14-16)18(22)17(15-6-3-2-4-7-15)20-10-12-23-13-11-20;;/h2-4,6-7,16-17,19H,5,8-14H2,1H3;2*1H. The molecule has 2 atom stereocenters. The molecule has 1 amide bonds. The number of hydrogen-bond acceptors (Lipinski definition) is 4. The van der Waals surface area contributed by atoms with Crippen LogP contribution >= 0.6 is 36.6 Å². The number of carbonyl (C=O) groups is 1. The van der Waals surface area contributed by atoms with E-state index in [1.165, 1.54) is 0 Å². The maximum Gasteiger partial charge on any atom is 0.244 e. The van der Waals surface area contributed by atoms with Crippen molar-refractivity contribution in [2.75, 3.05) is 44.7 Å². The molecule has 4 nitrogen and oxygen atoms in total. The summed E-state index contributed by atoms with van der Waals surface area (Å²) in [5, 5.41) is 3.34. The van der Waals surface area contributed by atoms with Crippen LogP contribution in [0.1, 0.15) is 24.4 Å². The minimum absolute atomic E-state index is 0. The van der Waals surface area contributed by atoms with E-state index in [2.05, 4.69) is 27.2 Å². The fourth-order valence-corrected chi connectivity index (χ4v) is 4.50. The number of likely N-dealkylation sites (tertiary alicyclic amines) is 1. The number of thioether (sulfide) groups is 1. The van der Waals surface area contributed by atoms with E-state index in [0.29, 0.717) is 6.04 Å². The van der Waals surface area contributed by atoms with Gasteiger partial charge in [-0.1, -0.05) is 30.3 Å². The van der Waals surface area contributed by atoms with Gasteiger partial charge in [0.15, 0.2) is 0 Å². The summed E-state index contributed by atoms with van der Waals surface area (Å²) in [5.74, 6) is 2.52. The summed E-state index contributed by atoms with van der Waals surface area (Å²) >= 11 is 1.99. The predicted octanol–water partition coefficient (Wildman–Crippen LogP) is 2.83. The topological polar surface area (TPSA) is 35.6 Å². The molecule has 2 aliphatic rings. The van der Waals surface area contributed by atoms with Gasteiger partial charge in [0.05, 0.1) is 0 Å². The summed E-state index contributed by atoms with van der Waals surface area (Å²) in [4.78, 5) is 17.8. The molecule has 0 aliphatic carbocycles. The zero-order chi connectivity index (χ0) is 16.1. The minimum Gasteiger partial charge on any atom is -0.339 e. The summed E-state index contributed by atoms with van der Waals surface area (Å²) in [7, 11) is 2.00. The average molecular weight is 406 g/mol. The van der Waals surface area contributed by atoms with Crippen LogP contribution in [0.15, 0.2) is 30.3 Å². The van der Waals surface area contributed by atoms with Gasteiger partial charge in [0, 0.05) is 43.7 Å². The van der Waals surface area contributed by atoms with E-state index in [1.807, 2.05) is 37.0 Å². The first-order valence-corrected chi connectivity index (χ1v) is 9.78. The van der Waals surface area contributed by atoms with Crippen molar-refractivity contribution in [3.05, 3.63) is 35.9 Å². The fourth-order valence-electron chi connectivity index (χ4n) is 3.57. The molecule has 1 N–H and O–H groups in total. The molecule has 142 valence electrons. The van der Waals surface area contributed by atoms with Crippen molar-refractivity contribution >= 4 is 42.5 Å². The van der Waals surface area contributed by atoms with Crippen LogP contribution in [0.4, 0.5) is 0 Å². The highest BCUT2D eigenvalue weighted by molar-refractivity contribution is 7.99. The Labute approximate surface area is 167 Å². The third-order valence-electron chi connectivity index (χ3n) is 4.90. The van der Waals surface area contributed by atoms with Gasteiger partial charge < -0.3 is 10.2 Å². The zero-order valence-electron chi connectivity index (χ0n) is 14.7. The van der Waals surface area contributed by atoms with Gasteiger partial charge >= 0.3 is 0 Å². The molecule has 0 bridgehead atoms. The molecule has 7 heteroatoms. The van der Waals surface area contributed by atoms with Gasteiger partial charge in [-0.2, -0.15) is 11.8 Å². The number of hydrogen-bond donors (Lipinski definition) is 1. The van der Waals surface area contributed by atoms with Crippen LogP contribution in [0.3, 0.4) is 0 Å². The summed E-state index contributed by atoms with van der Waals surface area (Å²) in [6, 6.07) is 10.6. The third kappa shape index (κ3) is 5.76. The second kappa shape index (κ2) is 11.3. The number of piperidine rings is 1. The van der Waals surface area contributed by atoms with E-state index in [-0.39, 0.29) is 36.8 Å². The quantitative estimate of drug-likeness (QED) is 0.834. The first kappa shape index (κ1) is 22.6. The third-order valence-corrected chi connectivity index (χ3v) is 5.84. The van der Waals surface area contributed by atoms with Gasteiger partial charge in [-0.15, -0.1) is 24.8 Å². The molecule has 2 heterocycles. The summed E-state index contributed by atoms with van der Waals surface area (Å²) in [5.41, 5.74) is 1.14. The van der Waals surface area contributed by atoms with Crippen LogP contribution in [0.5, 0.6) is 0 Å². The number of benzene rings is 1. The lowest BCUT2D eigenvalue weighted by Crippen LogP contribution is -2.51. The van der Waals surface area contributed by atoms with Gasteiger partial charge in [0.1, 0.15) is 6.04 Å². The van der Waals surface area contributed by atoms with E-state index in [1.54, 1.807) is 0 Å². The normalized spacial score (nSPS) is 22.4. The largest absolute Gasteiger partial charge is 0.339 e. The maximum atomic E-state index is 13.3. The maximum absolute atomic E-state index is 13.3. The number of nitrogens with one attached hydrogen (secondary N) is 1. The molecule has 2 aliphatic heterocycles. The molecular formula is C18H29Cl2N3OS. The van der Waals surface area contributed by atoms with Crippen molar-refractivity contribution in [2.24, 2.45) is 0 Å². The minimum atomic E-state index is -0.118. The van der Waals surface area contributed by atoms with Crippen molar-refractivity contribution < 1.29 is 4.79 Å². The molecule has 2 fully saturated rings. The molecular weight excluding hydrogens is 377 g/mol. The molecule has 3 rings (SSSR count). The van der Waals surface area contributed by atoms with Crippen LogP contribution in [-0.4, -0.2) is 66.5 Å². The van der Waals surface area contributed by atoms with Crippen LogP contribution in [0.2, 0.25) is 0 Å². The van der Waals surface area contributed by atoms with E-state index in [0.717, 1.165) is 56.1 Å². The Morgan fingerprint density at radius 2 is 1.84 bits per heavy atom. The smallest absolute Gasteiger partial charge is 0.244 e. The van der Waals surface area contributed by atoms with Crippen LogP contribution < -0.4 is 5.32 Å². The Hall–Kier alpha value is -0.460. The van der Waals surface area contributed by atoms with Crippen molar-refractivity contribution in [3.8, 4) is 0 Å². The Kier molecular flexibility index (Phi) is 10.2. The number of amides is 1. The lowest BCUT2D eigenvalue weighted by atomic mass is 10.0. The van der Waals surface area contributed by atoms with E-state index in [9.17, 15) is 4.79 Å². The fraction of sp³-hybridized carbons (Fsp3) is 0.611. The molecule has 1 aromatic rings. The van der Waals surface area contributed by atoms with Crippen molar-refractivity contribution in [1.29, 1.82) is 0 Å². The number of halogens is 2. The average Bonchev–Trinajstić information content (AvgIpc) is 2.64. The molecule has 2 saturated heterocycles. The van der Waals surface area contributed by atoms with Crippen molar-refractivity contribution in [1.82, 2.24) is 15.1 Å². The number of likely N-dealkylation sites (N-methyl/N-ethyl adjacent to an activating group) is 1. The van der Waals surface area contributed by atoms with Crippen molar-refractivity contribution in [3.63, 3.8) is 0 Å². The molecule has 0 radical (unpaired) electrons. The first-order chi connectivity index (χ1) is 11.3. The van der Waals surface area contributed by atoms with Crippen molar-refractivity contribution in [2.45, 2.75) is 24.9 Å². The lowest BCUT2D eigenvalue weighted by molar-refractivity contribution is -0.138. The Balaban J connectivity index is 0.00000156. The molecule has 1 aromatic carbocycles. The molecule has 25 heavy (non-hydrogen) atoms. The molecule has 0 aromatic heterocycles. The Morgan fingerprint density at radius 1 is 1.16 bits per heavy atom. The SMILES string of the molecule is CNC1CCCN(C(=O)C(c2ccccc2)N2CCSCC2)C1.Cl.Cl. The number of carbonyl (C=O) groups excluding carboxylic acids is 1. The van der Waals surface area contributed by atoms with Gasteiger partial charge in [0.2, 0.25) is 5.91 Å². The highest BCUT2D eigenvalue weighted by Crippen LogP contribution is 2.27. The molecule has 2 unspecified atom stereocenters. The predicted molar refractivity (Wildman–Crippen MR) is 111 cm³/mol. The second-order valence-electron chi connectivity index (χ2n) is 6.37. The monoisotopic (exact) mass is 405 g/mol. The van der Waals surface area contributed by atoms with Crippen LogP contribution in [0, 0.1) is 0 Å². The number of rotatable bonds is 4. The van der Waals surface area contributed by atoms with Crippen LogP contribution in [-0.2, 0) is 4.79 Å². The highest BCUT2D eigenvalue weighted by Gasteiger charge is 2.34. The highest BCUT2D eigenvalue weighted by atomic mass is 35.5. The van der Waals surface area contributed by atoms with E-state index >= 15 is 0 Å². The second-order valence-corrected chi connectivity index (χ2v) is 7.60. The van der Waals surface area contributed by atoms with Gasteiger partial charge in [-0.3, -0.25) is 9.69 Å². The van der Waals surface area contributed by atoms with Gasteiger partial charge in [0.25, 0.3) is 0 Å². The molecule has 0 saturated carbocycles. The number of nitrogens with zero attached hydrogens (tertiary/aromatic N) is 2. The lowest BCUT2D eigenvalue weighted by Gasteiger charge is -2.39. The van der Waals surface area contributed by atoms with E-state index < -0.39 is 0 Å². The van der Waals surface area contributed by atoms with Gasteiger partial charge in [-0.05, 0) is 25.5 Å². The van der Waals surface area contributed by atoms with Gasteiger partial charge in [-0.25, -0.2) is 0 Å². The summed E-state index contributed by atoms with van der Waals surface area (Å²) in [6.45, 7) is 3.72. The summed E-state index contributed by atoms with van der Waals surface area (Å²) in [6.07, 6.45) is 2.26. The summed E-state index contributed by atoms with van der Waals surface area (Å²) < 4.78 is 0. The Bertz CT molecular complexity index is 514. The molecule has 0 spiro atoms. The Morgan fingerprint density at radius 3 is 2.48 bits per heavy atom. The van der Waals surface area contributed by atoms with E-state index in [4.69, 9.17) is 0 Å². The van der Waals surface area contributed by atoms with Crippen LogP contribution in [0.25, 0.3) is 0 Å². The first-order valence-electron chi connectivity index (χ1n) is 8.62. The zero-order valence-corrected chi connectivity index (χ0v) is 17.2.